The molecule has 0 aliphatic carbocycles. The molecule has 2 aromatic rings. The number of hydrogen-bond donors (Lipinski definition) is 0. The summed E-state index contributed by atoms with van der Waals surface area (Å²) in [7, 11) is 3.14. The molecule has 2 aromatic heterocycles. The maximum atomic E-state index is 12.8. The molecule has 4 heterocycles. The Morgan fingerprint density at radius 2 is 1.72 bits per heavy atom. The number of anilines is 1. The summed E-state index contributed by atoms with van der Waals surface area (Å²) < 4.78 is 14.1. The predicted molar refractivity (Wildman–Crippen MR) is 93.0 cm³/mol. The smallest absolute Gasteiger partial charge is 0.332 e. The molecule has 134 valence electrons. The van der Waals surface area contributed by atoms with Crippen LogP contribution in [0.1, 0.15) is 18.4 Å². The highest BCUT2D eigenvalue weighted by Gasteiger charge is 2.40. The van der Waals surface area contributed by atoms with Gasteiger partial charge in [0.15, 0.2) is 11.4 Å². The van der Waals surface area contributed by atoms with Gasteiger partial charge in [-0.05, 0) is 12.5 Å². The van der Waals surface area contributed by atoms with Crippen LogP contribution in [0.25, 0.3) is 11.0 Å². The van der Waals surface area contributed by atoms with Crippen molar-refractivity contribution in [3.05, 3.63) is 32.6 Å². The van der Waals surface area contributed by atoms with Gasteiger partial charge in [0.05, 0.1) is 18.9 Å². The summed E-state index contributed by atoms with van der Waals surface area (Å²) >= 11 is 0. The molecule has 0 aromatic carbocycles. The largest absolute Gasteiger partial charge is 0.370 e. The number of aromatic nitrogens is 3. The van der Waals surface area contributed by atoms with Crippen molar-refractivity contribution in [1.82, 2.24) is 14.1 Å². The number of piperidine rings is 1. The highest BCUT2D eigenvalue weighted by atomic mass is 16.7. The Balaban J connectivity index is 1.84. The van der Waals surface area contributed by atoms with Gasteiger partial charge in [0.2, 0.25) is 0 Å². The number of ether oxygens (including phenoxy) is 2. The summed E-state index contributed by atoms with van der Waals surface area (Å²) in [5.74, 6) is -0.467. The second-order valence-electron chi connectivity index (χ2n) is 6.79. The molecule has 8 heteroatoms. The normalized spacial score (nSPS) is 19.9. The van der Waals surface area contributed by atoms with Crippen molar-refractivity contribution in [2.75, 3.05) is 31.2 Å². The number of fused-ring (bicyclic) bond motifs is 1. The minimum Gasteiger partial charge on any atom is -0.370 e. The molecule has 2 aliphatic rings. The Morgan fingerprint density at radius 1 is 1.08 bits per heavy atom. The van der Waals surface area contributed by atoms with Crippen LogP contribution in [0.2, 0.25) is 0 Å². The van der Waals surface area contributed by atoms with Crippen LogP contribution in [0, 0.1) is 6.92 Å². The first-order chi connectivity index (χ1) is 11.9. The van der Waals surface area contributed by atoms with E-state index in [4.69, 9.17) is 9.47 Å². The molecule has 2 saturated heterocycles. The second kappa shape index (κ2) is 5.67. The van der Waals surface area contributed by atoms with E-state index in [1.807, 2.05) is 6.92 Å². The van der Waals surface area contributed by atoms with Gasteiger partial charge in [0.25, 0.3) is 5.56 Å². The van der Waals surface area contributed by atoms with Gasteiger partial charge in [-0.15, -0.1) is 0 Å². The van der Waals surface area contributed by atoms with Crippen molar-refractivity contribution in [1.29, 1.82) is 0 Å². The van der Waals surface area contributed by atoms with Crippen molar-refractivity contribution in [2.45, 2.75) is 25.6 Å². The zero-order valence-electron chi connectivity index (χ0n) is 14.7. The third-order valence-corrected chi connectivity index (χ3v) is 5.28. The molecule has 0 N–H and O–H groups in total. The molecular formula is C17H22N4O4. The maximum absolute atomic E-state index is 12.8. The van der Waals surface area contributed by atoms with Crippen LogP contribution < -0.4 is 16.1 Å². The minimum absolute atomic E-state index is 0.307. The summed E-state index contributed by atoms with van der Waals surface area (Å²) in [4.78, 5) is 31.5. The molecule has 4 rings (SSSR count). The van der Waals surface area contributed by atoms with Gasteiger partial charge >= 0.3 is 5.69 Å². The summed E-state index contributed by atoms with van der Waals surface area (Å²) in [5, 5.41) is 0.494. The maximum Gasteiger partial charge on any atom is 0.332 e. The van der Waals surface area contributed by atoms with E-state index in [2.05, 4.69) is 9.88 Å². The number of nitrogens with zero attached hydrogens (tertiary/aromatic N) is 4. The van der Waals surface area contributed by atoms with Gasteiger partial charge in [-0.3, -0.25) is 13.9 Å². The Kier molecular flexibility index (Phi) is 3.69. The van der Waals surface area contributed by atoms with E-state index in [9.17, 15) is 9.59 Å². The Morgan fingerprint density at radius 3 is 2.36 bits per heavy atom. The van der Waals surface area contributed by atoms with Crippen molar-refractivity contribution >= 4 is 16.7 Å². The predicted octanol–water partition coefficient (Wildman–Crippen LogP) is 0.284. The van der Waals surface area contributed by atoms with Gasteiger partial charge in [0.1, 0.15) is 5.39 Å². The Hall–Kier alpha value is -2.19. The molecule has 2 fully saturated rings. The fourth-order valence-electron chi connectivity index (χ4n) is 3.87. The Labute approximate surface area is 144 Å². The first-order valence-corrected chi connectivity index (χ1v) is 8.52. The number of aryl methyl sites for hydroxylation is 2. The fourth-order valence-corrected chi connectivity index (χ4v) is 3.87. The summed E-state index contributed by atoms with van der Waals surface area (Å²) in [6, 6.07) is 0. The summed E-state index contributed by atoms with van der Waals surface area (Å²) in [5.41, 5.74) is 1.52. The van der Waals surface area contributed by atoms with Crippen LogP contribution >= 0.6 is 0 Å². The quantitative estimate of drug-likeness (QED) is 0.738. The summed E-state index contributed by atoms with van der Waals surface area (Å²) in [6.07, 6.45) is 3.23. The van der Waals surface area contributed by atoms with E-state index in [-0.39, 0.29) is 11.2 Å². The highest BCUT2D eigenvalue weighted by Crippen LogP contribution is 2.35. The fraction of sp³-hybridized carbons (Fsp3) is 0.588. The van der Waals surface area contributed by atoms with Gasteiger partial charge in [-0.1, -0.05) is 0 Å². The lowest BCUT2D eigenvalue weighted by Gasteiger charge is -2.39. The zero-order valence-corrected chi connectivity index (χ0v) is 14.7. The zero-order chi connectivity index (χ0) is 17.8. The van der Waals surface area contributed by atoms with Gasteiger partial charge in [-0.25, -0.2) is 9.78 Å². The molecule has 0 unspecified atom stereocenters. The molecule has 25 heavy (non-hydrogen) atoms. The van der Waals surface area contributed by atoms with Crippen LogP contribution in [0.15, 0.2) is 15.8 Å². The lowest BCUT2D eigenvalue weighted by molar-refractivity contribution is -0.169. The molecule has 0 atom stereocenters. The first-order valence-electron chi connectivity index (χ1n) is 8.52. The molecule has 0 radical (unpaired) electrons. The molecular weight excluding hydrogens is 324 g/mol. The first kappa shape index (κ1) is 16.3. The molecule has 8 nitrogen and oxygen atoms in total. The van der Waals surface area contributed by atoms with Gasteiger partial charge in [0, 0.05) is 46.2 Å². The van der Waals surface area contributed by atoms with E-state index in [0.717, 1.165) is 41.7 Å². The second-order valence-corrected chi connectivity index (χ2v) is 6.79. The van der Waals surface area contributed by atoms with Crippen molar-refractivity contribution in [3.63, 3.8) is 0 Å². The van der Waals surface area contributed by atoms with Crippen LogP contribution in [0.4, 0.5) is 5.69 Å². The average molecular weight is 346 g/mol. The summed E-state index contributed by atoms with van der Waals surface area (Å²) in [6.45, 7) is 4.68. The van der Waals surface area contributed by atoms with E-state index in [1.54, 1.807) is 13.2 Å². The third kappa shape index (κ3) is 2.39. The highest BCUT2D eigenvalue weighted by molar-refractivity contribution is 5.90. The number of pyridine rings is 1. The van der Waals surface area contributed by atoms with E-state index in [0.29, 0.717) is 24.2 Å². The van der Waals surface area contributed by atoms with Crippen LogP contribution in [-0.2, 0) is 23.6 Å². The third-order valence-electron chi connectivity index (χ3n) is 5.28. The van der Waals surface area contributed by atoms with E-state index >= 15 is 0 Å². The lowest BCUT2D eigenvalue weighted by Crippen LogP contribution is -2.46. The SMILES string of the molecule is Cc1cnc2c(c1N1CCC3(CC1)OCCO3)c(=O)n(C)c(=O)n2C. The minimum atomic E-state index is -0.467. The monoisotopic (exact) mass is 346 g/mol. The molecule has 0 amide bonds. The Bertz CT molecular complexity index is 946. The topological polar surface area (TPSA) is 78.6 Å². The van der Waals surface area contributed by atoms with Crippen molar-refractivity contribution in [3.8, 4) is 0 Å². The lowest BCUT2D eigenvalue weighted by atomic mass is 10.0. The molecule has 0 saturated carbocycles. The van der Waals surface area contributed by atoms with E-state index in [1.165, 1.54) is 11.6 Å². The number of rotatable bonds is 1. The molecule has 1 spiro atoms. The van der Waals surface area contributed by atoms with Crippen LogP contribution in [0.5, 0.6) is 0 Å². The van der Waals surface area contributed by atoms with Crippen molar-refractivity contribution in [2.24, 2.45) is 14.1 Å². The standard InChI is InChI=1S/C17H22N4O4/c1-11-10-18-14-12(15(22)20(3)16(23)19(14)2)13(11)21-6-4-17(5-7-21)24-8-9-25-17/h10H,4-9H2,1-3H3. The van der Waals surface area contributed by atoms with E-state index < -0.39 is 5.79 Å². The van der Waals surface area contributed by atoms with Crippen LogP contribution in [0.3, 0.4) is 0 Å². The molecule has 2 aliphatic heterocycles. The van der Waals surface area contributed by atoms with Gasteiger partial charge in [-0.2, -0.15) is 0 Å². The number of hydrogen-bond acceptors (Lipinski definition) is 6. The van der Waals surface area contributed by atoms with Crippen LogP contribution in [-0.4, -0.2) is 46.2 Å². The average Bonchev–Trinajstić information content (AvgIpc) is 3.07. The van der Waals surface area contributed by atoms with Crippen molar-refractivity contribution < 1.29 is 9.47 Å². The van der Waals surface area contributed by atoms with Gasteiger partial charge < -0.3 is 14.4 Å². The molecule has 0 bridgehead atoms.